The smallest absolute Gasteiger partial charge is 0.472 e. The number of amides is 1. The number of carbonyl (C=O) groups excluding carboxylic acids is 1. The van der Waals surface area contributed by atoms with Gasteiger partial charge in [-0.1, -0.05) is 0 Å². The number of pyridine rings is 2. The van der Waals surface area contributed by atoms with Crippen LogP contribution in [0.15, 0.2) is 12.1 Å². The maximum Gasteiger partial charge on any atom is 0.573 e. The van der Waals surface area contributed by atoms with E-state index in [1.54, 1.807) is 20.8 Å². The molecular weight excluding hydrogens is 579 g/mol. The number of nitrogens with one attached hydrogen (secondary N) is 2. The first-order valence-corrected chi connectivity index (χ1v) is 13.7. The highest BCUT2D eigenvalue weighted by atomic mass is 19.4. The zero-order valence-electron chi connectivity index (χ0n) is 23.4. The fraction of sp³-hybridized carbons (Fsp3) is 0.464. The molecule has 3 aromatic rings. The number of carbonyl (C=O) groups is 1. The van der Waals surface area contributed by atoms with Gasteiger partial charge < -0.3 is 30.5 Å². The largest absolute Gasteiger partial charge is 0.573 e. The number of aryl methyl sites for hydroxylation is 2. The number of anilines is 2. The Labute approximate surface area is 242 Å². The number of nitrogen functional groups attached to an aromatic ring is 1. The van der Waals surface area contributed by atoms with E-state index in [0.717, 1.165) is 6.07 Å². The van der Waals surface area contributed by atoms with Crippen LogP contribution in [0.3, 0.4) is 0 Å². The Morgan fingerprint density at radius 2 is 2.02 bits per heavy atom. The zero-order chi connectivity index (χ0) is 31.0. The van der Waals surface area contributed by atoms with Crippen LogP contribution >= 0.6 is 0 Å². The summed E-state index contributed by atoms with van der Waals surface area (Å²) in [5.41, 5.74) is 3.98. The summed E-state index contributed by atoms with van der Waals surface area (Å²) in [5, 5.41) is 15.5. The monoisotopic (exact) mass is 608 g/mol. The van der Waals surface area contributed by atoms with Crippen LogP contribution in [0.5, 0.6) is 11.6 Å². The number of alkyl halides is 3. The Morgan fingerprint density at radius 3 is 2.72 bits per heavy atom. The molecule has 10 nitrogen and oxygen atoms in total. The van der Waals surface area contributed by atoms with Gasteiger partial charge in [-0.2, -0.15) is 0 Å². The topological polar surface area (TPSA) is 135 Å². The number of halogens is 5. The standard InChI is InChI=1S/C28H29F5N6O4/c1-11-12(2)36-24-19-18(11)20(30)21(15-8-14(34)9-16(29)23(15)43-28(31,32)33)37-25(19)42-13(3)22-17-4-5-27(38-17,10-39(22)24)26(41)35-6-7-40/h8-9,13,17,22,38,40H,4-7,10,34H2,1-3H3,(H,35,41)/t13?,17-,22+,27+/m0/s1. The van der Waals surface area contributed by atoms with Crippen molar-refractivity contribution in [3.63, 3.8) is 0 Å². The van der Waals surface area contributed by atoms with Crippen molar-refractivity contribution in [3.05, 3.63) is 35.0 Å². The van der Waals surface area contributed by atoms with E-state index in [1.165, 1.54) is 0 Å². The molecular formula is C28H29F5N6O4. The maximum absolute atomic E-state index is 16.6. The van der Waals surface area contributed by atoms with E-state index in [1.807, 2.05) is 4.90 Å². The lowest BCUT2D eigenvalue weighted by molar-refractivity contribution is -0.275. The summed E-state index contributed by atoms with van der Waals surface area (Å²) in [4.78, 5) is 24.3. The summed E-state index contributed by atoms with van der Waals surface area (Å²) in [7, 11) is 0. The third kappa shape index (κ3) is 4.65. The van der Waals surface area contributed by atoms with E-state index < -0.39 is 46.6 Å². The molecule has 3 aliphatic heterocycles. The van der Waals surface area contributed by atoms with Gasteiger partial charge in [0.1, 0.15) is 23.2 Å². The number of aliphatic hydroxyl groups excluding tert-OH is 1. The molecule has 0 saturated carbocycles. The zero-order valence-corrected chi connectivity index (χ0v) is 23.4. The Balaban J connectivity index is 1.59. The van der Waals surface area contributed by atoms with Crippen LogP contribution in [0.1, 0.15) is 31.0 Å². The Kier molecular flexibility index (Phi) is 6.80. The van der Waals surface area contributed by atoms with Gasteiger partial charge in [-0.15, -0.1) is 13.2 Å². The van der Waals surface area contributed by atoms with Crippen LogP contribution in [0.25, 0.3) is 22.0 Å². The number of hydrogen-bond donors (Lipinski definition) is 4. The highest BCUT2D eigenvalue weighted by molar-refractivity contribution is 6.02. The van der Waals surface area contributed by atoms with Gasteiger partial charge in [-0.25, -0.2) is 18.7 Å². The summed E-state index contributed by atoms with van der Waals surface area (Å²) in [6.07, 6.45) is -4.78. The summed E-state index contributed by atoms with van der Waals surface area (Å²) in [5.74, 6) is -3.86. The molecule has 0 aliphatic carbocycles. The average Bonchev–Trinajstić information content (AvgIpc) is 3.22. The van der Waals surface area contributed by atoms with Crippen molar-refractivity contribution in [3.8, 4) is 22.9 Å². The first kappa shape index (κ1) is 29.1. The predicted molar refractivity (Wildman–Crippen MR) is 146 cm³/mol. The van der Waals surface area contributed by atoms with Crippen LogP contribution in [0, 0.1) is 25.5 Å². The number of hydrogen-bond acceptors (Lipinski definition) is 9. The molecule has 2 aromatic heterocycles. The van der Waals surface area contributed by atoms with Gasteiger partial charge in [0.25, 0.3) is 0 Å². The predicted octanol–water partition coefficient (Wildman–Crippen LogP) is 3.24. The maximum atomic E-state index is 16.6. The summed E-state index contributed by atoms with van der Waals surface area (Å²) in [6.45, 7) is 5.03. The van der Waals surface area contributed by atoms with Gasteiger partial charge in [-0.3, -0.25) is 10.1 Å². The molecule has 43 heavy (non-hydrogen) atoms. The van der Waals surface area contributed by atoms with E-state index in [2.05, 4.69) is 20.4 Å². The van der Waals surface area contributed by atoms with Gasteiger partial charge in [0, 0.05) is 42.0 Å². The number of rotatable bonds is 5. The minimum atomic E-state index is -5.28. The molecule has 0 spiro atoms. The normalized spacial score (nSPS) is 24.4. The fourth-order valence-electron chi connectivity index (χ4n) is 6.59. The van der Waals surface area contributed by atoms with Crippen LogP contribution in [0.2, 0.25) is 0 Å². The minimum absolute atomic E-state index is 0.0270. The van der Waals surface area contributed by atoms with Gasteiger partial charge >= 0.3 is 6.36 Å². The van der Waals surface area contributed by atoms with Gasteiger partial charge in [0.2, 0.25) is 11.8 Å². The average molecular weight is 609 g/mol. The second-order valence-electron chi connectivity index (χ2n) is 11.2. The van der Waals surface area contributed by atoms with Gasteiger partial charge in [0.05, 0.1) is 23.6 Å². The number of benzene rings is 1. The third-order valence-corrected chi connectivity index (χ3v) is 8.50. The van der Waals surface area contributed by atoms with E-state index in [4.69, 9.17) is 15.5 Å². The molecule has 2 fully saturated rings. The lowest BCUT2D eigenvalue weighted by Crippen LogP contribution is -2.71. The third-order valence-electron chi connectivity index (χ3n) is 8.50. The molecule has 2 bridgehead atoms. The molecule has 4 atom stereocenters. The van der Waals surface area contributed by atoms with Gasteiger partial charge in [0.15, 0.2) is 17.4 Å². The van der Waals surface area contributed by atoms with Crippen molar-refractivity contribution in [1.82, 2.24) is 20.6 Å². The summed E-state index contributed by atoms with van der Waals surface area (Å²) < 4.78 is 81.5. The highest BCUT2D eigenvalue weighted by Crippen LogP contribution is 2.48. The van der Waals surface area contributed by atoms with Gasteiger partial charge in [-0.05, 0) is 45.2 Å². The molecule has 0 radical (unpaired) electrons. The SMILES string of the molecule is Cc1nc2c3c(nc(-c4cc(N)cc(F)c4OC(F)(F)F)c(F)c3c1C)OC(C)[C@@H]1[C@@H]3CC[C@](C(=O)NCCO)(CN21)N3. The molecule has 1 unspecified atom stereocenters. The van der Waals surface area contributed by atoms with E-state index in [-0.39, 0.29) is 60.0 Å². The Bertz CT molecular complexity index is 1650. The number of aromatic nitrogens is 2. The number of nitrogens with zero attached hydrogens (tertiary/aromatic N) is 3. The number of aliphatic hydroxyl groups is 1. The fourth-order valence-corrected chi connectivity index (χ4v) is 6.59. The van der Waals surface area contributed by atoms with Crippen LogP contribution in [-0.4, -0.2) is 70.8 Å². The lowest BCUT2D eigenvalue weighted by atomic mass is 9.93. The van der Waals surface area contributed by atoms with Crippen molar-refractivity contribution >= 4 is 28.2 Å². The van der Waals surface area contributed by atoms with Crippen LogP contribution in [-0.2, 0) is 4.79 Å². The number of ether oxygens (including phenoxy) is 2. The molecule has 3 aliphatic rings. The summed E-state index contributed by atoms with van der Waals surface area (Å²) in [6, 6.07) is 0.977. The van der Waals surface area contributed by atoms with Crippen LogP contribution < -0.4 is 30.7 Å². The van der Waals surface area contributed by atoms with E-state index in [0.29, 0.717) is 36.0 Å². The van der Waals surface area contributed by atoms with Crippen molar-refractivity contribution in [2.45, 2.75) is 63.7 Å². The highest BCUT2D eigenvalue weighted by Gasteiger charge is 2.56. The second kappa shape index (κ2) is 10.0. The molecule has 1 amide bonds. The molecule has 15 heteroatoms. The van der Waals surface area contributed by atoms with E-state index in [9.17, 15) is 27.5 Å². The minimum Gasteiger partial charge on any atom is -0.472 e. The van der Waals surface area contributed by atoms with Crippen molar-refractivity contribution in [2.75, 3.05) is 30.3 Å². The summed E-state index contributed by atoms with van der Waals surface area (Å²) >= 11 is 0. The van der Waals surface area contributed by atoms with Crippen molar-refractivity contribution in [2.24, 2.45) is 0 Å². The van der Waals surface area contributed by atoms with Crippen molar-refractivity contribution < 1.29 is 41.3 Å². The number of piperazine rings is 1. The van der Waals surface area contributed by atoms with Crippen molar-refractivity contribution in [1.29, 1.82) is 0 Å². The number of nitrogens with two attached hydrogens (primary N) is 1. The lowest BCUT2D eigenvalue weighted by Gasteiger charge is -2.47. The number of fused-ring (bicyclic) bond motifs is 5. The molecule has 2 saturated heterocycles. The second-order valence-corrected chi connectivity index (χ2v) is 11.2. The molecule has 1 aromatic carbocycles. The Morgan fingerprint density at radius 1 is 1.28 bits per heavy atom. The molecule has 5 N–H and O–H groups in total. The first-order valence-electron chi connectivity index (χ1n) is 13.7. The van der Waals surface area contributed by atoms with E-state index >= 15 is 4.39 Å². The molecule has 6 rings (SSSR count). The Hall–Kier alpha value is -3.98. The molecule has 230 valence electrons. The molecule has 5 heterocycles. The first-order chi connectivity index (χ1) is 20.2. The quantitative estimate of drug-likeness (QED) is 0.254. The van der Waals surface area contributed by atoms with Crippen LogP contribution in [0.4, 0.5) is 33.5 Å².